The average Bonchev–Trinajstić information content (AvgIpc) is 1.88. The first-order valence-electron chi connectivity index (χ1n) is 3.17. The third-order valence-corrected chi connectivity index (χ3v) is 1.25. The SMILES string of the molecule is C=[C]Nc1cccc(C)c1. The van der Waals surface area contributed by atoms with E-state index in [1.807, 2.05) is 31.2 Å². The standard InChI is InChI=1S/C9H10N/c1-3-10-9-6-4-5-8(2)7-9/h4-7,10H,1H2,2H3. The third-order valence-electron chi connectivity index (χ3n) is 1.25. The number of rotatable bonds is 2. The van der Waals surface area contributed by atoms with Gasteiger partial charge >= 0.3 is 0 Å². The summed E-state index contributed by atoms with van der Waals surface area (Å²) in [6.07, 6.45) is 2.61. The van der Waals surface area contributed by atoms with Crippen molar-refractivity contribution in [2.45, 2.75) is 6.92 Å². The number of hydrogen-bond acceptors (Lipinski definition) is 1. The van der Waals surface area contributed by atoms with Crippen molar-refractivity contribution >= 4 is 5.69 Å². The first-order chi connectivity index (χ1) is 4.83. The minimum absolute atomic E-state index is 1.04. The molecule has 0 unspecified atom stereocenters. The van der Waals surface area contributed by atoms with Crippen molar-refractivity contribution in [3.8, 4) is 0 Å². The molecule has 51 valence electrons. The summed E-state index contributed by atoms with van der Waals surface area (Å²) in [7, 11) is 0. The van der Waals surface area contributed by atoms with Gasteiger partial charge in [-0.25, -0.2) is 0 Å². The van der Waals surface area contributed by atoms with E-state index in [-0.39, 0.29) is 0 Å². The summed E-state index contributed by atoms with van der Waals surface area (Å²) in [5.41, 5.74) is 2.27. The molecule has 0 heterocycles. The topological polar surface area (TPSA) is 12.0 Å². The zero-order valence-corrected chi connectivity index (χ0v) is 6.02. The predicted molar refractivity (Wildman–Crippen MR) is 43.7 cm³/mol. The molecule has 0 amide bonds. The summed E-state index contributed by atoms with van der Waals surface area (Å²) < 4.78 is 0. The molecule has 0 bridgehead atoms. The molecule has 1 aromatic rings. The number of aryl methyl sites for hydroxylation is 1. The highest BCUT2D eigenvalue weighted by molar-refractivity contribution is 5.46. The molecular weight excluding hydrogens is 122 g/mol. The Morgan fingerprint density at radius 2 is 2.30 bits per heavy atom. The maximum Gasteiger partial charge on any atom is 0.0544 e. The minimum atomic E-state index is 1.04. The second-order valence-electron chi connectivity index (χ2n) is 2.17. The van der Waals surface area contributed by atoms with Crippen molar-refractivity contribution in [3.05, 3.63) is 42.6 Å². The Morgan fingerprint density at radius 1 is 1.50 bits per heavy atom. The Balaban J connectivity index is 2.84. The second kappa shape index (κ2) is 3.06. The van der Waals surface area contributed by atoms with Gasteiger partial charge in [-0.05, 0) is 24.6 Å². The summed E-state index contributed by atoms with van der Waals surface area (Å²) in [5.74, 6) is 0. The molecule has 0 aliphatic carbocycles. The van der Waals surface area contributed by atoms with Crippen LogP contribution in [0.25, 0.3) is 0 Å². The molecule has 1 radical (unpaired) electrons. The van der Waals surface area contributed by atoms with Crippen molar-refractivity contribution in [1.29, 1.82) is 0 Å². The first kappa shape index (κ1) is 6.87. The highest BCUT2D eigenvalue weighted by atomic mass is 14.8. The molecule has 0 saturated carbocycles. The maximum atomic E-state index is 3.45. The molecular formula is C9H10N. The summed E-state index contributed by atoms with van der Waals surface area (Å²) in [4.78, 5) is 0. The summed E-state index contributed by atoms with van der Waals surface area (Å²) in [5, 5.41) is 2.89. The van der Waals surface area contributed by atoms with E-state index in [2.05, 4.69) is 18.1 Å². The highest BCUT2D eigenvalue weighted by Gasteiger charge is 1.86. The first-order valence-corrected chi connectivity index (χ1v) is 3.17. The summed E-state index contributed by atoms with van der Waals surface area (Å²) >= 11 is 0. The van der Waals surface area contributed by atoms with Crippen LogP contribution in [0.5, 0.6) is 0 Å². The van der Waals surface area contributed by atoms with Gasteiger partial charge in [-0.1, -0.05) is 18.7 Å². The monoisotopic (exact) mass is 132 g/mol. The summed E-state index contributed by atoms with van der Waals surface area (Å²) in [6.45, 7) is 5.50. The van der Waals surface area contributed by atoms with Crippen molar-refractivity contribution in [1.82, 2.24) is 0 Å². The van der Waals surface area contributed by atoms with Crippen molar-refractivity contribution in [2.75, 3.05) is 5.32 Å². The molecule has 0 aromatic heterocycles. The Morgan fingerprint density at radius 3 is 2.90 bits per heavy atom. The Labute approximate surface area is 61.4 Å². The molecule has 1 nitrogen and oxygen atoms in total. The average molecular weight is 132 g/mol. The Hall–Kier alpha value is -1.24. The maximum absolute atomic E-state index is 3.45. The van der Waals surface area contributed by atoms with Gasteiger partial charge in [0.1, 0.15) is 0 Å². The molecule has 1 heteroatoms. The van der Waals surface area contributed by atoms with Crippen molar-refractivity contribution < 1.29 is 0 Å². The molecule has 0 fully saturated rings. The molecule has 0 aliphatic rings. The summed E-state index contributed by atoms with van der Waals surface area (Å²) in [6, 6.07) is 8.06. The fourth-order valence-electron chi connectivity index (χ4n) is 0.825. The Kier molecular flexibility index (Phi) is 2.11. The van der Waals surface area contributed by atoms with Gasteiger partial charge in [-0.3, -0.25) is 0 Å². The third kappa shape index (κ3) is 1.62. The number of anilines is 1. The van der Waals surface area contributed by atoms with Gasteiger partial charge in [-0.2, -0.15) is 0 Å². The molecule has 1 N–H and O–H groups in total. The lowest BCUT2D eigenvalue weighted by molar-refractivity contribution is 1.45. The fraction of sp³-hybridized carbons (Fsp3) is 0.111. The van der Waals surface area contributed by atoms with E-state index in [1.165, 1.54) is 5.56 Å². The van der Waals surface area contributed by atoms with Crippen LogP contribution in [0.3, 0.4) is 0 Å². The molecule has 0 atom stereocenters. The van der Waals surface area contributed by atoms with Crippen LogP contribution < -0.4 is 5.32 Å². The van der Waals surface area contributed by atoms with E-state index >= 15 is 0 Å². The van der Waals surface area contributed by atoms with Crippen LogP contribution in [0.15, 0.2) is 30.8 Å². The lowest BCUT2D eigenvalue weighted by Gasteiger charge is -1.98. The predicted octanol–water partition coefficient (Wildman–Crippen LogP) is 2.35. The van der Waals surface area contributed by atoms with Crippen LogP contribution in [-0.4, -0.2) is 0 Å². The quantitative estimate of drug-likeness (QED) is 0.609. The van der Waals surface area contributed by atoms with E-state index in [0.717, 1.165) is 5.69 Å². The van der Waals surface area contributed by atoms with Gasteiger partial charge in [0.05, 0.1) is 6.20 Å². The molecule has 1 aromatic carbocycles. The molecule has 0 aliphatic heterocycles. The molecule has 1 rings (SSSR count). The zero-order valence-electron chi connectivity index (χ0n) is 6.02. The fourth-order valence-corrected chi connectivity index (χ4v) is 0.825. The minimum Gasteiger partial charge on any atom is -0.354 e. The van der Waals surface area contributed by atoms with Crippen LogP contribution in [0, 0.1) is 13.1 Å². The van der Waals surface area contributed by atoms with Crippen LogP contribution in [-0.2, 0) is 0 Å². The smallest absolute Gasteiger partial charge is 0.0544 e. The molecule has 0 saturated heterocycles. The highest BCUT2D eigenvalue weighted by Crippen LogP contribution is 2.08. The van der Waals surface area contributed by atoms with Gasteiger partial charge < -0.3 is 5.32 Å². The number of nitrogens with one attached hydrogen (secondary N) is 1. The van der Waals surface area contributed by atoms with Crippen molar-refractivity contribution in [3.63, 3.8) is 0 Å². The Bertz CT molecular complexity index is 228. The van der Waals surface area contributed by atoms with E-state index in [0.29, 0.717) is 0 Å². The number of hydrogen-bond donors (Lipinski definition) is 1. The normalized spacial score (nSPS) is 8.90. The zero-order chi connectivity index (χ0) is 7.40. The van der Waals surface area contributed by atoms with Gasteiger partial charge in [0, 0.05) is 5.69 Å². The molecule has 10 heavy (non-hydrogen) atoms. The largest absolute Gasteiger partial charge is 0.354 e. The number of benzene rings is 1. The molecule has 0 spiro atoms. The van der Waals surface area contributed by atoms with E-state index < -0.39 is 0 Å². The van der Waals surface area contributed by atoms with Gasteiger partial charge in [0.25, 0.3) is 0 Å². The van der Waals surface area contributed by atoms with Gasteiger partial charge in [0.15, 0.2) is 0 Å². The van der Waals surface area contributed by atoms with Gasteiger partial charge in [-0.15, -0.1) is 0 Å². The lowest BCUT2D eigenvalue weighted by Crippen LogP contribution is -1.85. The van der Waals surface area contributed by atoms with E-state index in [4.69, 9.17) is 0 Å². The second-order valence-corrected chi connectivity index (χ2v) is 2.17. The van der Waals surface area contributed by atoms with Crippen LogP contribution >= 0.6 is 0 Å². The lowest BCUT2D eigenvalue weighted by atomic mass is 10.2. The van der Waals surface area contributed by atoms with E-state index in [1.54, 1.807) is 0 Å². The van der Waals surface area contributed by atoms with E-state index in [9.17, 15) is 0 Å². The van der Waals surface area contributed by atoms with Crippen LogP contribution in [0.4, 0.5) is 5.69 Å². The van der Waals surface area contributed by atoms with Crippen LogP contribution in [0.2, 0.25) is 0 Å². The van der Waals surface area contributed by atoms with Gasteiger partial charge in [0.2, 0.25) is 0 Å². The van der Waals surface area contributed by atoms with Crippen LogP contribution in [0.1, 0.15) is 5.56 Å². The van der Waals surface area contributed by atoms with Crippen molar-refractivity contribution in [2.24, 2.45) is 0 Å².